The first-order valence-corrected chi connectivity index (χ1v) is 12.5. The van der Waals surface area contributed by atoms with Gasteiger partial charge >= 0.3 is 0 Å². The Morgan fingerprint density at radius 1 is 0.800 bits per heavy atom. The second kappa shape index (κ2) is 10.9. The van der Waals surface area contributed by atoms with Crippen molar-refractivity contribution in [2.24, 2.45) is 0 Å². The fourth-order valence-corrected chi connectivity index (χ4v) is 4.48. The van der Waals surface area contributed by atoms with Gasteiger partial charge < -0.3 is 20.1 Å². The topological polar surface area (TPSA) is 123 Å². The number of amides is 2. The highest BCUT2D eigenvalue weighted by Crippen LogP contribution is 2.32. The maximum atomic E-state index is 12.7. The Hall–Kier alpha value is -4.05. The van der Waals surface area contributed by atoms with Crippen LogP contribution in [0, 0.1) is 0 Å². The summed E-state index contributed by atoms with van der Waals surface area (Å²) in [4.78, 5) is 24.2. The summed E-state index contributed by atoms with van der Waals surface area (Å²) >= 11 is 0. The minimum absolute atomic E-state index is 0.0495. The zero-order valence-corrected chi connectivity index (χ0v) is 19.6. The molecule has 0 bridgehead atoms. The van der Waals surface area contributed by atoms with Crippen LogP contribution in [0.15, 0.2) is 77.7 Å². The maximum absolute atomic E-state index is 12.7. The molecule has 1 aliphatic heterocycles. The van der Waals surface area contributed by atoms with Crippen molar-refractivity contribution in [2.75, 3.05) is 29.8 Å². The standard InChI is InChI=1S/C25H25N3O6S/c29-24(12-13-26-25(30)16-18-4-2-1-3-5-18)27-19-6-8-20(9-7-19)28-35(31,32)21-10-11-22-23(17-21)34-15-14-33-22/h1-11,17,28H,12-16H2,(H,26,30)(H,27,29). The first-order valence-electron chi connectivity index (χ1n) is 11.0. The summed E-state index contributed by atoms with van der Waals surface area (Å²) < 4.78 is 38.8. The molecule has 0 atom stereocenters. The Morgan fingerprint density at radius 3 is 2.23 bits per heavy atom. The first kappa shape index (κ1) is 24.1. The van der Waals surface area contributed by atoms with Crippen LogP contribution in [0.5, 0.6) is 11.5 Å². The molecule has 0 unspecified atom stereocenters. The lowest BCUT2D eigenvalue weighted by Gasteiger charge is -2.19. The van der Waals surface area contributed by atoms with Crippen LogP contribution >= 0.6 is 0 Å². The summed E-state index contributed by atoms with van der Waals surface area (Å²) in [5.74, 6) is 0.466. The smallest absolute Gasteiger partial charge is 0.262 e. The quantitative estimate of drug-likeness (QED) is 0.420. The van der Waals surface area contributed by atoms with E-state index in [0.717, 1.165) is 5.56 Å². The van der Waals surface area contributed by atoms with E-state index < -0.39 is 10.0 Å². The largest absolute Gasteiger partial charge is 0.486 e. The number of anilines is 2. The van der Waals surface area contributed by atoms with Crippen molar-refractivity contribution in [3.63, 3.8) is 0 Å². The van der Waals surface area contributed by atoms with Crippen LogP contribution in [-0.4, -0.2) is 40.0 Å². The number of fused-ring (bicyclic) bond motifs is 1. The molecule has 3 aromatic rings. The highest BCUT2D eigenvalue weighted by atomic mass is 32.2. The van der Waals surface area contributed by atoms with Crippen molar-refractivity contribution in [1.82, 2.24) is 5.32 Å². The van der Waals surface area contributed by atoms with Crippen LogP contribution in [0.25, 0.3) is 0 Å². The third-order valence-corrected chi connectivity index (χ3v) is 6.51. The molecule has 35 heavy (non-hydrogen) atoms. The molecular formula is C25H25N3O6S. The molecule has 0 saturated carbocycles. The van der Waals surface area contributed by atoms with Crippen molar-refractivity contribution in [3.05, 3.63) is 78.4 Å². The molecule has 0 fully saturated rings. The molecular weight excluding hydrogens is 470 g/mol. The van der Waals surface area contributed by atoms with E-state index in [2.05, 4.69) is 15.4 Å². The van der Waals surface area contributed by atoms with E-state index in [-0.39, 0.29) is 36.1 Å². The highest BCUT2D eigenvalue weighted by Gasteiger charge is 2.19. The lowest BCUT2D eigenvalue weighted by Crippen LogP contribution is -2.28. The van der Waals surface area contributed by atoms with E-state index in [1.807, 2.05) is 30.3 Å². The molecule has 2 amide bonds. The van der Waals surface area contributed by atoms with Crippen LogP contribution < -0.4 is 24.8 Å². The fourth-order valence-electron chi connectivity index (χ4n) is 3.41. The van der Waals surface area contributed by atoms with Gasteiger partial charge in [0.05, 0.1) is 11.3 Å². The number of hydrogen-bond acceptors (Lipinski definition) is 6. The fraction of sp³-hybridized carbons (Fsp3) is 0.200. The van der Waals surface area contributed by atoms with Gasteiger partial charge in [0, 0.05) is 30.4 Å². The predicted octanol–water partition coefficient (Wildman–Crippen LogP) is 2.95. The molecule has 3 aromatic carbocycles. The monoisotopic (exact) mass is 495 g/mol. The van der Waals surface area contributed by atoms with Crippen LogP contribution in [0.3, 0.4) is 0 Å². The van der Waals surface area contributed by atoms with Gasteiger partial charge in [0.1, 0.15) is 13.2 Å². The number of carbonyl (C=O) groups excluding carboxylic acids is 2. The van der Waals surface area contributed by atoms with Gasteiger partial charge in [-0.1, -0.05) is 30.3 Å². The summed E-state index contributed by atoms with van der Waals surface area (Å²) in [6.45, 7) is 0.991. The maximum Gasteiger partial charge on any atom is 0.262 e. The Labute approximate surface area is 203 Å². The van der Waals surface area contributed by atoms with Gasteiger partial charge in [0.15, 0.2) is 11.5 Å². The van der Waals surface area contributed by atoms with Gasteiger partial charge in [-0.3, -0.25) is 14.3 Å². The summed E-state index contributed by atoms with van der Waals surface area (Å²) in [7, 11) is -3.84. The zero-order valence-electron chi connectivity index (χ0n) is 18.8. The number of ether oxygens (including phenoxy) is 2. The lowest BCUT2D eigenvalue weighted by molar-refractivity contribution is -0.120. The molecule has 3 N–H and O–H groups in total. The molecule has 0 radical (unpaired) electrons. The predicted molar refractivity (Wildman–Crippen MR) is 131 cm³/mol. The third-order valence-electron chi connectivity index (χ3n) is 5.13. The van der Waals surface area contributed by atoms with Crippen molar-refractivity contribution >= 4 is 33.2 Å². The molecule has 10 heteroatoms. The van der Waals surface area contributed by atoms with E-state index in [0.29, 0.717) is 36.1 Å². The van der Waals surface area contributed by atoms with Crippen molar-refractivity contribution in [1.29, 1.82) is 0 Å². The van der Waals surface area contributed by atoms with E-state index >= 15 is 0 Å². The number of benzene rings is 3. The Bertz CT molecular complexity index is 1290. The number of hydrogen-bond donors (Lipinski definition) is 3. The van der Waals surface area contributed by atoms with Crippen LogP contribution in [0.2, 0.25) is 0 Å². The van der Waals surface area contributed by atoms with E-state index in [1.165, 1.54) is 12.1 Å². The summed E-state index contributed by atoms with van der Waals surface area (Å²) in [6, 6.07) is 20.1. The minimum atomic E-state index is -3.84. The van der Waals surface area contributed by atoms with Crippen LogP contribution in [0.1, 0.15) is 12.0 Å². The Morgan fingerprint density at radius 2 is 1.49 bits per heavy atom. The SMILES string of the molecule is O=C(Cc1ccccc1)NCCC(=O)Nc1ccc(NS(=O)(=O)c2ccc3c(c2)OCCO3)cc1. The average molecular weight is 496 g/mol. The van der Waals surface area contributed by atoms with E-state index in [1.54, 1.807) is 30.3 Å². The molecule has 9 nitrogen and oxygen atoms in total. The Kier molecular flexibility index (Phi) is 7.51. The van der Waals surface area contributed by atoms with Crippen molar-refractivity contribution in [3.8, 4) is 11.5 Å². The Balaban J connectivity index is 1.25. The van der Waals surface area contributed by atoms with E-state index in [4.69, 9.17) is 9.47 Å². The first-order chi connectivity index (χ1) is 16.9. The molecule has 182 valence electrons. The second-order valence-electron chi connectivity index (χ2n) is 7.80. The minimum Gasteiger partial charge on any atom is -0.486 e. The van der Waals surface area contributed by atoms with Gasteiger partial charge in [-0.05, 0) is 42.0 Å². The van der Waals surface area contributed by atoms with Crippen molar-refractivity contribution in [2.45, 2.75) is 17.7 Å². The van der Waals surface area contributed by atoms with Crippen LogP contribution in [0.4, 0.5) is 11.4 Å². The molecule has 4 rings (SSSR count). The molecule has 0 spiro atoms. The zero-order chi connectivity index (χ0) is 24.7. The number of rotatable bonds is 9. The summed E-state index contributed by atoms with van der Waals surface area (Å²) in [5, 5.41) is 5.45. The normalized spacial score (nSPS) is 12.5. The number of nitrogens with one attached hydrogen (secondary N) is 3. The van der Waals surface area contributed by atoms with Gasteiger partial charge in [0.2, 0.25) is 11.8 Å². The average Bonchev–Trinajstić information content (AvgIpc) is 2.85. The lowest BCUT2D eigenvalue weighted by atomic mass is 10.1. The number of sulfonamides is 1. The third kappa shape index (κ3) is 6.73. The molecule has 1 aliphatic rings. The second-order valence-corrected chi connectivity index (χ2v) is 9.48. The van der Waals surface area contributed by atoms with E-state index in [9.17, 15) is 18.0 Å². The van der Waals surface area contributed by atoms with Crippen LogP contribution in [-0.2, 0) is 26.0 Å². The molecule has 0 aromatic heterocycles. The van der Waals surface area contributed by atoms with Gasteiger partial charge in [-0.15, -0.1) is 0 Å². The number of carbonyl (C=O) groups is 2. The van der Waals surface area contributed by atoms with Gasteiger partial charge in [-0.2, -0.15) is 0 Å². The summed E-state index contributed by atoms with van der Waals surface area (Å²) in [6.07, 6.45) is 0.366. The molecule has 0 saturated heterocycles. The van der Waals surface area contributed by atoms with Gasteiger partial charge in [0.25, 0.3) is 10.0 Å². The summed E-state index contributed by atoms with van der Waals surface area (Å²) in [5.41, 5.74) is 1.75. The highest BCUT2D eigenvalue weighted by molar-refractivity contribution is 7.92. The van der Waals surface area contributed by atoms with Crippen molar-refractivity contribution < 1.29 is 27.5 Å². The molecule has 0 aliphatic carbocycles. The van der Waals surface area contributed by atoms with Gasteiger partial charge in [-0.25, -0.2) is 8.42 Å². The molecule has 1 heterocycles.